The smallest absolute Gasteiger partial charge is 0.325 e. The van der Waals surface area contributed by atoms with Crippen molar-refractivity contribution in [1.29, 1.82) is 0 Å². The van der Waals surface area contributed by atoms with E-state index in [1.165, 1.54) is 0 Å². The number of carbonyl (C=O) groups excluding carboxylic acids is 3. The van der Waals surface area contributed by atoms with E-state index >= 15 is 0 Å². The average Bonchev–Trinajstić information content (AvgIpc) is 3.47. The van der Waals surface area contributed by atoms with Crippen LogP contribution in [0.25, 0.3) is 11.3 Å². The van der Waals surface area contributed by atoms with Gasteiger partial charge in [0, 0.05) is 10.6 Å². The van der Waals surface area contributed by atoms with E-state index < -0.39 is 17.5 Å². The minimum absolute atomic E-state index is 0.143. The molecule has 1 spiro atoms. The Morgan fingerprint density at radius 3 is 2.69 bits per heavy atom. The molecule has 1 unspecified atom stereocenters. The normalized spacial score (nSPS) is 19.3. The van der Waals surface area contributed by atoms with Gasteiger partial charge in [0.25, 0.3) is 5.91 Å². The van der Waals surface area contributed by atoms with Gasteiger partial charge < -0.3 is 15.1 Å². The van der Waals surface area contributed by atoms with Crippen molar-refractivity contribution in [2.75, 3.05) is 6.54 Å². The molecule has 1 aliphatic carbocycles. The number of fused-ring (bicyclic) bond motifs is 2. The van der Waals surface area contributed by atoms with Crippen molar-refractivity contribution in [2.45, 2.75) is 24.9 Å². The second-order valence-corrected chi connectivity index (χ2v) is 8.37. The van der Waals surface area contributed by atoms with Crippen LogP contribution >= 0.6 is 11.6 Å². The van der Waals surface area contributed by atoms with Crippen molar-refractivity contribution < 1.29 is 18.8 Å². The lowest BCUT2D eigenvalue weighted by Gasteiger charge is -2.22. The fraction of sp³-hybridized carbons (Fsp3) is 0.208. The second-order valence-electron chi connectivity index (χ2n) is 7.93. The number of imide groups is 1. The first-order valence-electron chi connectivity index (χ1n) is 10.3. The Morgan fingerprint density at radius 2 is 1.88 bits per heavy atom. The van der Waals surface area contributed by atoms with Gasteiger partial charge in [-0.1, -0.05) is 35.9 Å². The zero-order valence-electron chi connectivity index (χ0n) is 17.1. The number of hydrogen-bond donors (Lipinski definition) is 2. The molecule has 3 aromatic rings. The molecule has 8 heteroatoms. The maximum atomic E-state index is 13.1. The Bertz CT molecular complexity index is 1220. The van der Waals surface area contributed by atoms with Gasteiger partial charge in [0.05, 0.1) is 6.54 Å². The van der Waals surface area contributed by atoms with Crippen LogP contribution in [0, 0.1) is 0 Å². The highest BCUT2D eigenvalue weighted by Crippen LogP contribution is 2.41. The van der Waals surface area contributed by atoms with E-state index in [1.807, 2.05) is 42.5 Å². The van der Waals surface area contributed by atoms with Gasteiger partial charge in [-0.05, 0) is 60.4 Å². The molecule has 5 rings (SSSR count). The molecular weight excluding hydrogens is 430 g/mol. The highest BCUT2D eigenvalue weighted by molar-refractivity contribution is 6.30. The van der Waals surface area contributed by atoms with Crippen LogP contribution in [0.1, 0.15) is 23.3 Å². The Kier molecular flexibility index (Phi) is 4.98. The Hall–Kier alpha value is -3.58. The van der Waals surface area contributed by atoms with E-state index in [4.69, 9.17) is 16.0 Å². The number of benzene rings is 2. The number of aryl methyl sites for hydroxylation is 1. The van der Waals surface area contributed by atoms with Crippen molar-refractivity contribution in [3.8, 4) is 11.3 Å². The number of rotatable bonds is 5. The molecule has 1 aromatic heterocycles. The third-order valence-corrected chi connectivity index (χ3v) is 6.23. The highest BCUT2D eigenvalue weighted by atomic mass is 35.5. The van der Waals surface area contributed by atoms with Crippen LogP contribution in [0.2, 0.25) is 5.02 Å². The average molecular weight is 450 g/mol. The van der Waals surface area contributed by atoms with E-state index in [0.29, 0.717) is 29.4 Å². The summed E-state index contributed by atoms with van der Waals surface area (Å²) in [5.74, 6) is 0.385. The van der Waals surface area contributed by atoms with Crippen LogP contribution in [0.4, 0.5) is 4.79 Å². The zero-order chi connectivity index (χ0) is 22.3. The van der Waals surface area contributed by atoms with Gasteiger partial charge >= 0.3 is 6.03 Å². The van der Waals surface area contributed by atoms with Crippen LogP contribution in [-0.4, -0.2) is 29.3 Å². The SMILES string of the molecule is O=C(CN1C(=O)NC2(CCc3ccccc32)C1=O)NCc1ccc(-c2ccc(Cl)cc2)o1. The number of furan rings is 1. The first-order valence-corrected chi connectivity index (χ1v) is 10.7. The summed E-state index contributed by atoms with van der Waals surface area (Å²) in [6, 6.07) is 17.8. The summed E-state index contributed by atoms with van der Waals surface area (Å²) in [4.78, 5) is 39.1. The number of amides is 4. The number of carbonyl (C=O) groups is 3. The molecular formula is C24H20ClN3O4. The van der Waals surface area contributed by atoms with E-state index in [-0.39, 0.29) is 19.0 Å². The minimum Gasteiger partial charge on any atom is -0.459 e. The molecule has 2 heterocycles. The van der Waals surface area contributed by atoms with E-state index in [0.717, 1.165) is 21.6 Å². The Balaban J connectivity index is 1.22. The molecule has 1 aliphatic heterocycles. The summed E-state index contributed by atoms with van der Waals surface area (Å²) in [6.45, 7) is -0.205. The number of halogens is 1. The Morgan fingerprint density at radius 1 is 1.09 bits per heavy atom. The summed E-state index contributed by atoms with van der Waals surface area (Å²) in [5.41, 5.74) is 1.66. The molecule has 0 bridgehead atoms. The number of nitrogens with one attached hydrogen (secondary N) is 2. The molecule has 1 atom stereocenters. The predicted molar refractivity (Wildman–Crippen MR) is 118 cm³/mol. The maximum Gasteiger partial charge on any atom is 0.325 e. The van der Waals surface area contributed by atoms with Crippen LogP contribution in [0.3, 0.4) is 0 Å². The molecule has 1 fully saturated rings. The van der Waals surface area contributed by atoms with Crippen molar-refractivity contribution in [3.63, 3.8) is 0 Å². The number of nitrogens with zero attached hydrogens (tertiary/aromatic N) is 1. The molecule has 162 valence electrons. The largest absolute Gasteiger partial charge is 0.459 e. The van der Waals surface area contributed by atoms with Gasteiger partial charge in [-0.25, -0.2) is 4.79 Å². The fourth-order valence-corrected chi connectivity index (χ4v) is 4.49. The lowest BCUT2D eigenvalue weighted by molar-refractivity contribution is -0.135. The van der Waals surface area contributed by atoms with Gasteiger partial charge in [0.2, 0.25) is 5.91 Å². The molecule has 7 nitrogen and oxygen atoms in total. The Labute approximate surface area is 189 Å². The third-order valence-electron chi connectivity index (χ3n) is 5.97. The first kappa shape index (κ1) is 20.3. The summed E-state index contributed by atoms with van der Waals surface area (Å²) < 4.78 is 5.77. The van der Waals surface area contributed by atoms with Crippen LogP contribution in [-0.2, 0) is 28.1 Å². The summed E-state index contributed by atoms with van der Waals surface area (Å²) >= 11 is 5.91. The van der Waals surface area contributed by atoms with Crippen molar-refractivity contribution in [1.82, 2.24) is 15.5 Å². The molecule has 32 heavy (non-hydrogen) atoms. The number of urea groups is 1. The molecule has 2 N–H and O–H groups in total. The van der Waals surface area contributed by atoms with Crippen LogP contribution in [0.5, 0.6) is 0 Å². The maximum absolute atomic E-state index is 13.1. The van der Waals surface area contributed by atoms with Crippen molar-refractivity contribution in [2.24, 2.45) is 0 Å². The molecule has 2 aliphatic rings. The van der Waals surface area contributed by atoms with Gasteiger partial charge in [-0.2, -0.15) is 0 Å². The minimum atomic E-state index is -1.07. The fourth-order valence-electron chi connectivity index (χ4n) is 4.36. The lowest BCUT2D eigenvalue weighted by atomic mass is 9.92. The summed E-state index contributed by atoms with van der Waals surface area (Å²) in [7, 11) is 0. The topological polar surface area (TPSA) is 91.7 Å². The second kappa shape index (κ2) is 7.84. The molecule has 0 radical (unpaired) electrons. The van der Waals surface area contributed by atoms with Gasteiger partial charge in [0.15, 0.2) is 0 Å². The summed E-state index contributed by atoms with van der Waals surface area (Å²) in [5, 5.41) is 6.17. The van der Waals surface area contributed by atoms with E-state index in [1.54, 1.807) is 18.2 Å². The van der Waals surface area contributed by atoms with Gasteiger partial charge in [0.1, 0.15) is 23.6 Å². The third kappa shape index (κ3) is 3.44. The van der Waals surface area contributed by atoms with Gasteiger partial charge in [-0.3, -0.25) is 14.5 Å². The monoisotopic (exact) mass is 449 g/mol. The van der Waals surface area contributed by atoms with E-state index in [9.17, 15) is 14.4 Å². The first-order chi connectivity index (χ1) is 15.5. The van der Waals surface area contributed by atoms with E-state index in [2.05, 4.69) is 10.6 Å². The zero-order valence-corrected chi connectivity index (χ0v) is 17.8. The molecule has 0 saturated carbocycles. The predicted octanol–water partition coefficient (Wildman–Crippen LogP) is 3.61. The van der Waals surface area contributed by atoms with Crippen molar-refractivity contribution >= 4 is 29.4 Å². The highest BCUT2D eigenvalue weighted by Gasteiger charge is 2.55. The van der Waals surface area contributed by atoms with Crippen LogP contribution < -0.4 is 10.6 Å². The van der Waals surface area contributed by atoms with Gasteiger partial charge in [-0.15, -0.1) is 0 Å². The molecule has 4 amide bonds. The lowest BCUT2D eigenvalue weighted by Crippen LogP contribution is -2.43. The quantitative estimate of drug-likeness (QED) is 0.582. The van der Waals surface area contributed by atoms with Crippen LogP contribution in [0.15, 0.2) is 65.1 Å². The summed E-state index contributed by atoms with van der Waals surface area (Å²) in [6.07, 6.45) is 1.20. The van der Waals surface area contributed by atoms with Crippen molar-refractivity contribution in [3.05, 3.63) is 82.6 Å². The number of hydrogen-bond acceptors (Lipinski definition) is 4. The molecule has 1 saturated heterocycles. The molecule has 2 aromatic carbocycles. The standard InChI is InChI=1S/C24H20ClN3O4/c25-17-7-5-16(6-8-17)20-10-9-18(32-20)13-26-21(29)14-28-22(30)24(27-23(28)31)12-11-15-3-1-2-4-19(15)24/h1-10H,11-14H2,(H,26,29)(H,27,31).